The predicted octanol–water partition coefficient (Wildman–Crippen LogP) is 5.67. The molecule has 0 spiro atoms. The fourth-order valence-electron chi connectivity index (χ4n) is 4.09. The Bertz CT molecular complexity index is 1060. The van der Waals surface area contributed by atoms with Crippen LogP contribution in [0.5, 0.6) is 5.75 Å². The van der Waals surface area contributed by atoms with E-state index in [1.165, 1.54) is 31.0 Å². The van der Waals surface area contributed by atoms with Crippen molar-refractivity contribution in [3.63, 3.8) is 0 Å². The zero-order valence-electron chi connectivity index (χ0n) is 19.0. The van der Waals surface area contributed by atoms with Crippen LogP contribution in [-0.4, -0.2) is 38.4 Å². The molecule has 0 N–H and O–H groups in total. The van der Waals surface area contributed by atoms with Crippen molar-refractivity contribution in [3.8, 4) is 5.75 Å². The van der Waals surface area contributed by atoms with Gasteiger partial charge < -0.3 is 14.1 Å². The number of carbonyl (C=O) groups excluding carboxylic acids is 1. The van der Waals surface area contributed by atoms with Crippen molar-refractivity contribution < 1.29 is 13.9 Å². The normalized spacial score (nSPS) is 14.4. The highest BCUT2D eigenvalue weighted by Crippen LogP contribution is 2.33. The van der Waals surface area contributed by atoms with Gasteiger partial charge in [-0.3, -0.25) is 9.36 Å². The first-order valence-corrected chi connectivity index (χ1v) is 12.6. The quantitative estimate of drug-likeness (QED) is 0.361. The average molecular weight is 489 g/mol. The summed E-state index contributed by atoms with van der Waals surface area (Å²) in [6.45, 7) is 2.74. The first-order valence-electron chi connectivity index (χ1n) is 11.2. The molecule has 0 atom stereocenters. The lowest BCUT2D eigenvalue weighted by Gasteiger charge is -2.25. The molecule has 7 nitrogen and oxygen atoms in total. The van der Waals surface area contributed by atoms with Crippen LogP contribution in [0, 0.1) is 6.92 Å². The number of carbonyl (C=O) groups is 1. The van der Waals surface area contributed by atoms with Gasteiger partial charge in [0.1, 0.15) is 18.1 Å². The lowest BCUT2D eigenvalue weighted by Crippen LogP contribution is -2.28. The lowest BCUT2D eigenvalue weighted by atomic mass is 9.95. The highest BCUT2D eigenvalue weighted by Gasteiger charge is 2.24. The van der Waals surface area contributed by atoms with Crippen LogP contribution in [0.15, 0.2) is 46.2 Å². The number of furan rings is 1. The summed E-state index contributed by atoms with van der Waals surface area (Å²) in [6.07, 6.45) is 7.43. The zero-order chi connectivity index (χ0) is 23.2. The lowest BCUT2D eigenvalue weighted by molar-refractivity contribution is -0.127. The Morgan fingerprint density at radius 1 is 1.27 bits per heavy atom. The molecular weight excluding hydrogens is 460 g/mol. The molecule has 9 heteroatoms. The summed E-state index contributed by atoms with van der Waals surface area (Å²) in [6, 6.07) is 9.60. The van der Waals surface area contributed by atoms with E-state index in [0.29, 0.717) is 30.0 Å². The van der Waals surface area contributed by atoms with E-state index in [2.05, 4.69) is 14.8 Å². The van der Waals surface area contributed by atoms with E-state index in [1.807, 2.05) is 37.3 Å². The molecule has 1 fully saturated rings. The van der Waals surface area contributed by atoms with Crippen LogP contribution in [0.25, 0.3) is 0 Å². The number of thioether (sulfide) groups is 1. The number of benzene rings is 1. The maximum absolute atomic E-state index is 12.7. The van der Waals surface area contributed by atoms with Crippen molar-refractivity contribution in [2.24, 2.45) is 0 Å². The second-order valence-corrected chi connectivity index (χ2v) is 9.76. The second-order valence-electron chi connectivity index (χ2n) is 8.38. The van der Waals surface area contributed by atoms with E-state index in [9.17, 15) is 4.79 Å². The molecule has 1 amide bonds. The summed E-state index contributed by atoms with van der Waals surface area (Å²) < 4.78 is 13.6. The number of amides is 1. The van der Waals surface area contributed by atoms with Crippen LogP contribution in [0.1, 0.15) is 55.3 Å². The molecule has 4 rings (SSSR count). The number of aryl methyl sites for hydroxylation is 1. The first-order chi connectivity index (χ1) is 16.0. The van der Waals surface area contributed by atoms with Crippen LogP contribution in [0.4, 0.5) is 0 Å². The first kappa shape index (κ1) is 23.7. The summed E-state index contributed by atoms with van der Waals surface area (Å²) in [5.41, 5.74) is 0.978. The molecule has 176 valence electrons. The third-order valence-corrected chi connectivity index (χ3v) is 7.06. The van der Waals surface area contributed by atoms with Crippen LogP contribution in [0.3, 0.4) is 0 Å². The fourth-order valence-corrected chi connectivity index (χ4v) is 5.28. The highest BCUT2D eigenvalue weighted by atomic mass is 35.5. The Morgan fingerprint density at radius 3 is 2.82 bits per heavy atom. The largest absolute Gasteiger partial charge is 0.485 e. The Balaban J connectivity index is 1.45. The van der Waals surface area contributed by atoms with Crippen molar-refractivity contribution in [2.45, 2.75) is 63.4 Å². The molecule has 0 unspecified atom stereocenters. The molecule has 3 aromatic rings. The van der Waals surface area contributed by atoms with Gasteiger partial charge in [-0.2, -0.15) is 0 Å². The Morgan fingerprint density at radius 2 is 2.09 bits per heavy atom. The average Bonchev–Trinajstić information content (AvgIpc) is 3.47. The van der Waals surface area contributed by atoms with Crippen molar-refractivity contribution in [2.75, 3.05) is 12.8 Å². The topological polar surface area (TPSA) is 73.4 Å². The molecule has 0 radical (unpaired) electrons. The smallest absolute Gasteiger partial charge is 0.233 e. The maximum Gasteiger partial charge on any atom is 0.233 e. The number of halogens is 1. The van der Waals surface area contributed by atoms with Gasteiger partial charge in [-0.1, -0.05) is 42.6 Å². The number of rotatable bonds is 9. The molecule has 0 aliphatic heterocycles. The molecule has 1 aromatic carbocycles. The van der Waals surface area contributed by atoms with Gasteiger partial charge in [-0.25, -0.2) is 0 Å². The fraction of sp³-hybridized carbons (Fsp3) is 0.458. The van der Waals surface area contributed by atoms with Gasteiger partial charge in [0.15, 0.2) is 11.0 Å². The zero-order valence-corrected chi connectivity index (χ0v) is 20.6. The van der Waals surface area contributed by atoms with Crippen LogP contribution < -0.4 is 4.74 Å². The van der Waals surface area contributed by atoms with E-state index < -0.39 is 0 Å². The second kappa shape index (κ2) is 11.1. The SMILES string of the molecule is Cc1cc(Cl)ccc1OCc1nnc(SCC(=O)N(C)Cc2ccco2)n1C1CCCCC1. The van der Waals surface area contributed by atoms with Gasteiger partial charge >= 0.3 is 0 Å². The van der Waals surface area contributed by atoms with E-state index in [0.717, 1.165) is 40.9 Å². The molecule has 0 bridgehead atoms. The van der Waals surface area contributed by atoms with Crippen LogP contribution in [0.2, 0.25) is 5.02 Å². The minimum Gasteiger partial charge on any atom is -0.485 e. The van der Waals surface area contributed by atoms with Crippen molar-refractivity contribution in [3.05, 3.63) is 58.8 Å². The summed E-state index contributed by atoms with van der Waals surface area (Å²) in [4.78, 5) is 14.4. The number of ether oxygens (including phenoxy) is 1. The maximum atomic E-state index is 12.7. The molecular formula is C24H29ClN4O3S. The number of hydrogen-bond acceptors (Lipinski definition) is 6. The van der Waals surface area contributed by atoms with Gasteiger partial charge in [0.05, 0.1) is 18.6 Å². The monoisotopic (exact) mass is 488 g/mol. The van der Waals surface area contributed by atoms with Crippen molar-refractivity contribution in [1.29, 1.82) is 0 Å². The van der Waals surface area contributed by atoms with E-state index in [-0.39, 0.29) is 5.91 Å². The minimum absolute atomic E-state index is 0.0178. The molecule has 33 heavy (non-hydrogen) atoms. The van der Waals surface area contributed by atoms with Gasteiger partial charge in [0.25, 0.3) is 0 Å². The summed E-state index contributed by atoms with van der Waals surface area (Å²) in [7, 11) is 1.78. The Labute approximate surface area is 203 Å². The Hall–Kier alpha value is -2.45. The van der Waals surface area contributed by atoms with E-state index in [4.69, 9.17) is 20.8 Å². The molecule has 2 aromatic heterocycles. The summed E-state index contributed by atoms with van der Waals surface area (Å²) >= 11 is 7.50. The third kappa shape index (κ3) is 6.12. The highest BCUT2D eigenvalue weighted by molar-refractivity contribution is 7.99. The van der Waals surface area contributed by atoms with Gasteiger partial charge in [-0.15, -0.1) is 10.2 Å². The van der Waals surface area contributed by atoms with E-state index >= 15 is 0 Å². The number of hydrogen-bond donors (Lipinski definition) is 0. The van der Waals surface area contributed by atoms with Gasteiger partial charge in [0.2, 0.25) is 5.91 Å². The molecule has 1 aliphatic carbocycles. The summed E-state index contributed by atoms with van der Waals surface area (Å²) in [5, 5.41) is 10.3. The molecule has 2 heterocycles. The molecule has 1 aliphatic rings. The number of nitrogens with zero attached hydrogens (tertiary/aromatic N) is 4. The Kier molecular flexibility index (Phi) is 7.98. The van der Waals surface area contributed by atoms with Gasteiger partial charge in [0, 0.05) is 18.1 Å². The molecule has 1 saturated carbocycles. The van der Waals surface area contributed by atoms with Gasteiger partial charge in [-0.05, 0) is 55.7 Å². The van der Waals surface area contributed by atoms with Crippen molar-refractivity contribution >= 4 is 29.3 Å². The van der Waals surface area contributed by atoms with Crippen LogP contribution in [-0.2, 0) is 17.9 Å². The van der Waals surface area contributed by atoms with E-state index in [1.54, 1.807) is 18.2 Å². The number of aromatic nitrogens is 3. The summed E-state index contributed by atoms with van der Waals surface area (Å²) in [5.74, 6) is 2.64. The third-order valence-electron chi connectivity index (χ3n) is 5.89. The predicted molar refractivity (Wildman–Crippen MR) is 129 cm³/mol. The van der Waals surface area contributed by atoms with Crippen LogP contribution >= 0.6 is 23.4 Å². The minimum atomic E-state index is 0.0178. The van der Waals surface area contributed by atoms with Crippen molar-refractivity contribution in [1.82, 2.24) is 19.7 Å². The standard InChI is InChI=1S/C24H29ClN4O3S/c1-17-13-18(25)10-11-21(17)32-15-22-26-27-24(29(22)19-7-4-3-5-8-19)33-16-23(30)28(2)14-20-9-6-12-31-20/h6,9-13,19H,3-5,7-8,14-16H2,1-2H3. The molecule has 0 saturated heterocycles.